The Labute approximate surface area is 196 Å². The molecular weight excluding hydrogens is 448 g/mol. The van der Waals surface area contributed by atoms with Crippen molar-refractivity contribution in [2.75, 3.05) is 13.4 Å². The molecule has 33 heavy (non-hydrogen) atoms. The highest BCUT2D eigenvalue weighted by Crippen LogP contribution is 2.42. The van der Waals surface area contributed by atoms with Crippen LogP contribution in [-0.4, -0.2) is 36.7 Å². The summed E-state index contributed by atoms with van der Waals surface area (Å²) in [5.74, 6) is -0.0923. The fraction of sp³-hybridized carbons (Fsp3) is 0.375. The van der Waals surface area contributed by atoms with E-state index in [1.54, 1.807) is 63.2 Å². The van der Waals surface area contributed by atoms with Gasteiger partial charge in [-0.15, -0.1) is 0 Å². The smallest absolute Gasteiger partial charge is 0.358 e. The summed E-state index contributed by atoms with van der Waals surface area (Å²) >= 11 is 5.20. The van der Waals surface area contributed by atoms with E-state index in [0.717, 1.165) is 0 Å². The number of ether oxygens (including phenoxy) is 6. The third kappa shape index (κ3) is 5.19. The van der Waals surface area contributed by atoms with Gasteiger partial charge in [-0.1, -0.05) is 24.3 Å². The summed E-state index contributed by atoms with van der Waals surface area (Å²) in [5.41, 5.74) is -0.0508. The summed E-state index contributed by atoms with van der Waals surface area (Å²) < 4.78 is 33.2. The van der Waals surface area contributed by atoms with Gasteiger partial charge in [0.1, 0.15) is 18.5 Å². The van der Waals surface area contributed by atoms with Crippen molar-refractivity contribution in [2.45, 2.75) is 33.0 Å². The predicted molar refractivity (Wildman–Crippen MR) is 120 cm³/mol. The highest BCUT2D eigenvalue weighted by atomic mass is 32.1. The number of benzene rings is 2. The second kappa shape index (κ2) is 9.27. The van der Waals surface area contributed by atoms with Gasteiger partial charge in [0, 0.05) is 12.2 Å². The molecule has 1 saturated heterocycles. The minimum absolute atomic E-state index is 0.112. The molecule has 2 aliphatic rings. The Balaban J connectivity index is 1.55. The van der Waals surface area contributed by atoms with Gasteiger partial charge in [-0.3, -0.25) is 4.79 Å². The molecule has 174 valence electrons. The van der Waals surface area contributed by atoms with Gasteiger partial charge in [-0.05, 0) is 50.6 Å². The minimum atomic E-state index is -1.12. The van der Waals surface area contributed by atoms with Crippen LogP contribution in [0, 0.1) is 11.3 Å². The van der Waals surface area contributed by atoms with Crippen molar-refractivity contribution in [2.24, 2.45) is 11.3 Å². The molecule has 0 aromatic heterocycles. The van der Waals surface area contributed by atoms with E-state index in [1.807, 2.05) is 6.07 Å². The number of carbonyl (C=O) groups excluding carboxylic acids is 2. The van der Waals surface area contributed by atoms with Gasteiger partial charge in [0.25, 0.3) is 0 Å². The maximum absolute atomic E-state index is 12.8. The molecule has 0 saturated carbocycles. The average molecular weight is 473 g/mol. The van der Waals surface area contributed by atoms with E-state index < -0.39 is 35.5 Å². The molecule has 1 fully saturated rings. The molecule has 0 bridgehead atoms. The van der Waals surface area contributed by atoms with E-state index in [1.165, 1.54) is 0 Å². The second-order valence-corrected chi connectivity index (χ2v) is 9.02. The van der Waals surface area contributed by atoms with Crippen LogP contribution >= 0.6 is 12.2 Å². The van der Waals surface area contributed by atoms with Crippen LogP contribution in [0.25, 0.3) is 0 Å². The maximum Gasteiger partial charge on any atom is 0.358 e. The van der Waals surface area contributed by atoms with Crippen molar-refractivity contribution < 1.29 is 38.0 Å². The lowest BCUT2D eigenvalue weighted by Crippen LogP contribution is -2.35. The predicted octanol–water partition coefficient (Wildman–Crippen LogP) is 3.97. The second-order valence-electron chi connectivity index (χ2n) is 8.69. The summed E-state index contributed by atoms with van der Waals surface area (Å²) in [4.78, 5) is 25.2. The number of hydrogen-bond donors (Lipinski definition) is 0. The van der Waals surface area contributed by atoms with Crippen LogP contribution in [0.2, 0.25) is 0 Å². The van der Waals surface area contributed by atoms with Crippen LogP contribution < -0.4 is 14.2 Å². The SMILES string of the molecule is CC(C)(C)C(=O)OC[C@H]1[C@H](OC(=S)Oc2ccccc2)C(=O)O[C@H]1c1ccc2c(c1)OCO2. The molecule has 8 nitrogen and oxygen atoms in total. The Bertz CT molecular complexity index is 1050. The number of para-hydroxylation sites is 1. The van der Waals surface area contributed by atoms with E-state index in [0.29, 0.717) is 22.8 Å². The summed E-state index contributed by atoms with van der Waals surface area (Å²) in [6.45, 7) is 5.25. The van der Waals surface area contributed by atoms with Crippen LogP contribution in [0.5, 0.6) is 17.2 Å². The van der Waals surface area contributed by atoms with Gasteiger partial charge in [0.2, 0.25) is 12.9 Å². The topological polar surface area (TPSA) is 89.5 Å². The van der Waals surface area contributed by atoms with Crippen molar-refractivity contribution >= 4 is 29.4 Å². The molecule has 2 heterocycles. The summed E-state index contributed by atoms with van der Waals surface area (Å²) in [6.07, 6.45) is -1.87. The third-order valence-electron chi connectivity index (χ3n) is 5.17. The molecule has 4 rings (SSSR count). The van der Waals surface area contributed by atoms with Gasteiger partial charge in [-0.2, -0.15) is 0 Å². The van der Waals surface area contributed by atoms with Gasteiger partial charge < -0.3 is 28.4 Å². The molecule has 2 aliphatic heterocycles. The lowest BCUT2D eigenvalue weighted by atomic mass is 9.93. The summed E-state index contributed by atoms with van der Waals surface area (Å²) in [6, 6.07) is 14.1. The number of fused-ring (bicyclic) bond motifs is 1. The van der Waals surface area contributed by atoms with Crippen molar-refractivity contribution in [1.29, 1.82) is 0 Å². The number of rotatable bonds is 5. The first-order chi connectivity index (χ1) is 15.7. The number of hydrogen-bond acceptors (Lipinski definition) is 9. The monoisotopic (exact) mass is 472 g/mol. The van der Waals surface area contributed by atoms with E-state index in [4.69, 9.17) is 40.6 Å². The van der Waals surface area contributed by atoms with Crippen LogP contribution in [0.4, 0.5) is 0 Å². The molecular formula is C24H24O8S. The molecule has 2 aromatic rings. The standard InChI is InChI=1S/C24H24O8S/c1-24(2,3)22(26)27-12-16-19(14-9-10-17-18(11-14)29-13-28-17)31-21(25)20(16)32-23(33)30-15-7-5-4-6-8-15/h4-11,16,19-20H,12-13H2,1-3H3/t16-,19+,20+/m1/s1. The fourth-order valence-electron chi connectivity index (χ4n) is 3.43. The Morgan fingerprint density at radius 3 is 2.55 bits per heavy atom. The first kappa shape index (κ1) is 22.8. The molecule has 0 unspecified atom stereocenters. The van der Waals surface area contributed by atoms with Crippen molar-refractivity contribution in [3.8, 4) is 17.2 Å². The third-order valence-corrected chi connectivity index (χ3v) is 5.34. The van der Waals surface area contributed by atoms with Crippen molar-refractivity contribution in [1.82, 2.24) is 0 Å². The largest absolute Gasteiger partial charge is 0.465 e. The van der Waals surface area contributed by atoms with Gasteiger partial charge in [0.15, 0.2) is 11.5 Å². The van der Waals surface area contributed by atoms with Gasteiger partial charge >= 0.3 is 17.2 Å². The Kier molecular flexibility index (Phi) is 6.42. The zero-order chi connectivity index (χ0) is 23.6. The normalized spacial score (nSPS) is 21.3. The number of carbonyl (C=O) groups is 2. The summed E-state index contributed by atoms with van der Waals surface area (Å²) in [7, 11) is 0. The molecule has 0 aliphatic carbocycles. The van der Waals surface area contributed by atoms with E-state index in [-0.39, 0.29) is 18.6 Å². The highest BCUT2D eigenvalue weighted by molar-refractivity contribution is 7.79. The van der Waals surface area contributed by atoms with Gasteiger partial charge in [0.05, 0.1) is 11.3 Å². The average Bonchev–Trinajstić information content (AvgIpc) is 3.36. The first-order valence-electron chi connectivity index (χ1n) is 10.4. The van der Waals surface area contributed by atoms with Crippen LogP contribution in [0.1, 0.15) is 32.4 Å². The van der Waals surface area contributed by atoms with Crippen LogP contribution in [-0.2, 0) is 23.8 Å². The highest BCUT2D eigenvalue weighted by Gasteiger charge is 2.49. The van der Waals surface area contributed by atoms with Crippen molar-refractivity contribution in [3.63, 3.8) is 0 Å². The van der Waals surface area contributed by atoms with E-state index in [9.17, 15) is 9.59 Å². The van der Waals surface area contributed by atoms with E-state index >= 15 is 0 Å². The fourth-order valence-corrected chi connectivity index (χ4v) is 3.63. The maximum atomic E-state index is 12.8. The first-order valence-corrected chi connectivity index (χ1v) is 10.8. The van der Waals surface area contributed by atoms with E-state index in [2.05, 4.69) is 0 Å². The molecule has 0 N–H and O–H groups in total. The molecule has 2 aromatic carbocycles. The summed E-state index contributed by atoms with van der Waals surface area (Å²) in [5, 5.41) is -0.235. The Hall–Kier alpha value is -3.33. The molecule has 9 heteroatoms. The minimum Gasteiger partial charge on any atom is -0.465 e. The van der Waals surface area contributed by atoms with Crippen LogP contribution in [0.3, 0.4) is 0 Å². The quantitative estimate of drug-likeness (QED) is 0.474. The Morgan fingerprint density at radius 1 is 1.09 bits per heavy atom. The Morgan fingerprint density at radius 2 is 1.82 bits per heavy atom. The molecule has 3 atom stereocenters. The van der Waals surface area contributed by atoms with Gasteiger partial charge in [-0.25, -0.2) is 4.79 Å². The van der Waals surface area contributed by atoms with Crippen molar-refractivity contribution in [3.05, 3.63) is 54.1 Å². The lowest BCUT2D eigenvalue weighted by Gasteiger charge is -2.24. The molecule has 0 radical (unpaired) electrons. The zero-order valence-electron chi connectivity index (χ0n) is 18.4. The lowest BCUT2D eigenvalue weighted by molar-refractivity contribution is -0.155. The molecule has 0 spiro atoms. The van der Waals surface area contributed by atoms with Crippen LogP contribution in [0.15, 0.2) is 48.5 Å². The number of thiocarbonyl (C=S) groups is 1. The zero-order valence-corrected chi connectivity index (χ0v) is 19.3. The molecule has 0 amide bonds. The number of esters is 2. The number of cyclic esters (lactones) is 1.